The van der Waals surface area contributed by atoms with Crippen LogP contribution in [-0.4, -0.2) is 37.0 Å². The van der Waals surface area contributed by atoms with Crippen LogP contribution in [0.1, 0.15) is 39.6 Å². The highest BCUT2D eigenvalue weighted by Crippen LogP contribution is 2.34. The number of hydrogen-bond acceptors (Lipinski definition) is 5. The molecule has 2 amide bonds. The average Bonchev–Trinajstić information content (AvgIpc) is 3.08. The van der Waals surface area contributed by atoms with Crippen LogP contribution in [0.3, 0.4) is 0 Å². The summed E-state index contributed by atoms with van der Waals surface area (Å²) >= 11 is 0. The van der Waals surface area contributed by atoms with Gasteiger partial charge in [0.25, 0.3) is 11.8 Å². The summed E-state index contributed by atoms with van der Waals surface area (Å²) < 4.78 is 31.2. The minimum Gasteiger partial charge on any atom is -0.493 e. The molecule has 7 heteroatoms. The van der Waals surface area contributed by atoms with Gasteiger partial charge < -0.3 is 14.2 Å². The van der Waals surface area contributed by atoms with Crippen molar-refractivity contribution in [1.29, 1.82) is 0 Å². The lowest BCUT2D eigenvalue weighted by molar-refractivity contribution is 0.0646. The smallest absolute Gasteiger partial charge is 0.261 e. The molecular formula is C26H24FNO5. The van der Waals surface area contributed by atoms with Crippen LogP contribution in [0.2, 0.25) is 0 Å². The maximum atomic E-state index is 14.6. The highest BCUT2D eigenvalue weighted by Gasteiger charge is 2.34. The van der Waals surface area contributed by atoms with Crippen LogP contribution in [0.5, 0.6) is 23.0 Å². The Kier molecular flexibility index (Phi) is 6.58. The summed E-state index contributed by atoms with van der Waals surface area (Å²) in [7, 11) is 1.54. The molecule has 33 heavy (non-hydrogen) atoms. The lowest BCUT2D eigenvalue weighted by Gasteiger charge is -2.15. The molecule has 6 nitrogen and oxygen atoms in total. The molecular weight excluding hydrogens is 425 g/mol. The molecule has 0 radical (unpaired) electrons. The monoisotopic (exact) mass is 449 g/mol. The molecule has 0 saturated heterocycles. The van der Waals surface area contributed by atoms with Crippen molar-refractivity contribution in [2.24, 2.45) is 0 Å². The van der Waals surface area contributed by atoms with Crippen molar-refractivity contribution in [2.45, 2.75) is 19.8 Å². The zero-order chi connectivity index (χ0) is 23.4. The quantitative estimate of drug-likeness (QED) is 0.330. The van der Waals surface area contributed by atoms with Gasteiger partial charge in [-0.2, -0.15) is 0 Å². The molecule has 1 aliphatic rings. The molecule has 0 unspecified atom stereocenters. The Morgan fingerprint density at radius 2 is 1.58 bits per heavy atom. The highest BCUT2D eigenvalue weighted by atomic mass is 19.1. The number of benzene rings is 3. The van der Waals surface area contributed by atoms with E-state index in [0.717, 1.165) is 12.0 Å². The topological polar surface area (TPSA) is 65.1 Å². The maximum absolute atomic E-state index is 14.6. The first kappa shape index (κ1) is 22.3. The predicted octanol–water partition coefficient (Wildman–Crippen LogP) is 5.25. The van der Waals surface area contributed by atoms with Crippen molar-refractivity contribution in [1.82, 2.24) is 4.90 Å². The second kappa shape index (κ2) is 9.73. The average molecular weight is 449 g/mol. The molecule has 0 fully saturated rings. The lowest BCUT2D eigenvalue weighted by atomic mass is 10.1. The number of aryl methyl sites for hydroxylation is 1. The van der Waals surface area contributed by atoms with E-state index in [0.29, 0.717) is 34.8 Å². The molecule has 4 rings (SSSR count). The van der Waals surface area contributed by atoms with Gasteiger partial charge in [0, 0.05) is 12.6 Å². The number of imide groups is 1. The first-order chi connectivity index (χ1) is 16.0. The molecule has 3 aromatic rings. The third kappa shape index (κ3) is 4.67. The van der Waals surface area contributed by atoms with Crippen LogP contribution in [0, 0.1) is 5.82 Å². The summed E-state index contributed by atoms with van der Waals surface area (Å²) in [6.45, 7) is 2.48. The SMILES string of the molecule is CCc1ccc(Oc2ccc(OCCCN3C(=O)c4ccccc4C3=O)cc2F)c(OC)c1. The molecule has 0 spiro atoms. The number of halogens is 1. The summed E-state index contributed by atoms with van der Waals surface area (Å²) in [5.41, 5.74) is 1.92. The van der Waals surface area contributed by atoms with Gasteiger partial charge in [-0.3, -0.25) is 14.5 Å². The number of rotatable bonds is 9. The largest absolute Gasteiger partial charge is 0.493 e. The van der Waals surface area contributed by atoms with Crippen molar-refractivity contribution < 1.29 is 28.2 Å². The second-order valence-corrected chi connectivity index (χ2v) is 7.54. The summed E-state index contributed by atoms with van der Waals surface area (Å²) in [5.74, 6) is 0.155. The van der Waals surface area contributed by atoms with Gasteiger partial charge in [-0.1, -0.05) is 25.1 Å². The van der Waals surface area contributed by atoms with Crippen LogP contribution in [-0.2, 0) is 6.42 Å². The van der Waals surface area contributed by atoms with Crippen molar-refractivity contribution in [3.63, 3.8) is 0 Å². The van der Waals surface area contributed by atoms with Gasteiger partial charge in [0.2, 0.25) is 0 Å². The Morgan fingerprint density at radius 3 is 2.21 bits per heavy atom. The molecule has 0 aliphatic carbocycles. The zero-order valence-electron chi connectivity index (χ0n) is 18.5. The Hall–Kier alpha value is -3.87. The summed E-state index contributed by atoms with van der Waals surface area (Å²) in [5, 5.41) is 0. The number of carbonyl (C=O) groups excluding carboxylic acids is 2. The van der Waals surface area contributed by atoms with Gasteiger partial charge in [0.05, 0.1) is 24.8 Å². The Bertz CT molecular complexity index is 1160. The van der Waals surface area contributed by atoms with E-state index in [4.69, 9.17) is 14.2 Å². The molecule has 0 saturated carbocycles. The van der Waals surface area contributed by atoms with Crippen LogP contribution in [0.25, 0.3) is 0 Å². The van der Waals surface area contributed by atoms with E-state index in [9.17, 15) is 14.0 Å². The van der Waals surface area contributed by atoms with Gasteiger partial charge in [-0.15, -0.1) is 0 Å². The van der Waals surface area contributed by atoms with E-state index in [-0.39, 0.29) is 30.7 Å². The van der Waals surface area contributed by atoms with E-state index < -0.39 is 5.82 Å². The third-order valence-electron chi connectivity index (χ3n) is 5.43. The molecule has 0 bridgehead atoms. The fourth-order valence-corrected chi connectivity index (χ4v) is 3.64. The fraction of sp³-hybridized carbons (Fsp3) is 0.231. The number of carbonyl (C=O) groups is 2. The Labute approximate surface area is 191 Å². The molecule has 3 aromatic carbocycles. The zero-order valence-corrected chi connectivity index (χ0v) is 18.5. The van der Waals surface area contributed by atoms with Gasteiger partial charge in [0.15, 0.2) is 23.1 Å². The summed E-state index contributed by atoms with van der Waals surface area (Å²) in [6.07, 6.45) is 1.27. The number of nitrogens with zero attached hydrogens (tertiary/aromatic N) is 1. The molecule has 170 valence electrons. The number of amides is 2. The van der Waals surface area contributed by atoms with Crippen molar-refractivity contribution in [3.05, 3.63) is 83.2 Å². The minimum absolute atomic E-state index is 0.0518. The number of hydrogen-bond donors (Lipinski definition) is 0. The van der Waals surface area contributed by atoms with Crippen LogP contribution >= 0.6 is 0 Å². The standard InChI is InChI=1S/C26H24FNO5/c1-3-17-9-11-23(24(15-17)31-2)33-22-12-10-18(16-21(22)27)32-14-6-13-28-25(29)19-7-4-5-8-20(19)26(28)30/h4-5,7-12,15-16H,3,6,13-14H2,1-2H3. The van der Waals surface area contributed by atoms with E-state index >= 15 is 0 Å². The highest BCUT2D eigenvalue weighted by molar-refractivity contribution is 6.21. The van der Waals surface area contributed by atoms with Gasteiger partial charge in [-0.05, 0) is 54.8 Å². The molecule has 0 aromatic heterocycles. The van der Waals surface area contributed by atoms with Crippen LogP contribution in [0.4, 0.5) is 4.39 Å². The number of methoxy groups -OCH3 is 1. The van der Waals surface area contributed by atoms with E-state index in [1.165, 1.54) is 24.1 Å². The lowest BCUT2D eigenvalue weighted by Crippen LogP contribution is -2.31. The van der Waals surface area contributed by atoms with Crippen molar-refractivity contribution >= 4 is 11.8 Å². The van der Waals surface area contributed by atoms with E-state index in [1.54, 1.807) is 36.4 Å². The summed E-state index contributed by atoms with van der Waals surface area (Å²) in [4.78, 5) is 26.0. The Morgan fingerprint density at radius 1 is 0.879 bits per heavy atom. The minimum atomic E-state index is -0.575. The fourth-order valence-electron chi connectivity index (χ4n) is 3.64. The van der Waals surface area contributed by atoms with Crippen LogP contribution in [0.15, 0.2) is 60.7 Å². The number of ether oxygens (including phenoxy) is 3. The molecule has 1 aliphatic heterocycles. The van der Waals surface area contributed by atoms with Crippen LogP contribution < -0.4 is 14.2 Å². The predicted molar refractivity (Wildman–Crippen MR) is 121 cm³/mol. The van der Waals surface area contributed by atoms with Gasteiger partial charge >= 0.3 is 0 Å². The normalized spacial score (nSPS) is 12.6. The van der Waals surface area contributed by atoms with Gasteiger partial charge in [0.1, 0.15) is 5.75 Å². The summed E-state index contributed by atoms with van der Waals surface area (Å²) in [6, 6.07) is 16.6. The maximum Gasteiger partial charge on any atom is 0.261 e. The first-order valence-electron chi connectivity index (χ1n) is 10.7. The van der Waals surface area contributed by atoms with E-state index in [2.05, 4.69) is 0 Å². The molecule has 0 atom stereocenters. The van der Waals surface area contributed by atoms with Gasteiger partial charge in [-0.25, -0.2) is 4.39 Å². The van der Waals surface area contributed by atoms with Crippen molar-refractivity contribution in [2.75, 3.05) is 20.3 Å². The molecule has 1 heterocycles. The van der Waals surface area contributed by atoms with Crippen molar-refractivity contribution in [3.8, 4) is 23.0 Å². The number of fused-ring (bicyclic) bond motifs is 1. The first-order valence-corrected chi connectivity index (χ1v) is 10.7. The molecule has 0 N–H and O–H groups in total. The third-order valence-corrected chi connectivity index (χ3v) is 5.43. The second-order valence-electron chi connectivity index (χ2n) is 7.54. The Balaban J connectivity index is 1.32. The van der Waals surface area contributed by atoms with E-state index in [1.807, 2.05) is 19.1 Å².